The molecule has 0 saturated heterocycles. The third-order valence-electron chi connectivity index (χ3n) is 3.67. The first-order valence-corrected chi connectivity index (χ1v) is 7.11. The molecule has 1 rings (SSSR count). The molecule has 0 radical (unpaired) electrons. The second kappa shape index (κ2) is 6.75. The molecule has 0 bridgehead atoms. The molecule has 1 amide bonds. The fourth-order valence-corrected chi connectivity index (χ4v) is 2.08. The maximum Gasteiger partial charge on any atom is 0.237 e. The van der Waals surface area contributed by atoms with Gasteiger partial charge in [-0.2, -0.15) is 0 Å². The van der Waals surface area contributed by atoms with E-state index in [0.29, 0.717) is 12.3 Å². The standard InChI is InChI=1S/C16H26N2O2/c1-5-11(2)13-6-8-14(9-7-13)20-12(3)10-16(4,18)15(17)19/h6-9,11-12H,5,10,18H2,1-4H3,(H2,17,19). The summed E-state index contributed by atoms with van der Waals surface area (Å²) in [7, 11) is 0. The first kappa shape index (κ1) is 16.5. The van der Waals surface area contributed by atoms with Gasteiger partial charge in [-0.25, -0.2) is 0 Å². The van der Waals surface area contributed by atoms with Crippen molar-refractivity contribution in [3.63, 3.8) is 0 Å². The van der Waals surface area contributed by atoms with Crippen LogP contribution in [0.5, 0.6) is 5.75 Å². The lowest BCUT2D eigenvalue weighted by atomic mass is 9.95. The van der Waals surface area contributed by atoms with Crippen molar-refractivity contribution in [3.05, 3.63) is 29.8 Å². The Labute approximate surface area is 121 Å². The van der Waals surface area contributed by atoms with Gasteiger partial charge in [-0.15, -0.1) is 0 Å². The van der Waals surface area contributed by atoms with E-state index in [-0.39, 0.29) is 6.10 Å². The minimum absolute atomic E-state index is 0.174. The number of rotatable bonds is 7. The van der Waals surface area contributed by atoms with Crippen LogP contribution in [0.4, 0.5) is 0 Å². The molecule has 0 aliphatic carbocycles. The summed E-state index contributed by atoms with van der Waals surface area (Å²) in [5.41, 5.74) is 11.4. The normalized spacial score (nSPS) is 17.1. The molecule has 1 aromatic rings. The van der Waals surface area contributed by atoms with E-state index in [0.717, 1.165) is 12.2 Å². The highest BCUT2D eigenvalue weighted by molar-refractivity contribution is 5.83. The molecule has 3 unspecified atom stereocenters. The van der Waals surface area contributed by atoms with Gasteiger partial charge in [-0.3, -0.25) is 4.79 Å². The molecule has 4 N–H and O–H groups in total. The van der Waals surface area contributed by atoms with E-state index in [1.54, 1.807) is 6.92 Å². The highest BCUT2D eigenvalue weighted by Crippen LogP contribution is 2.23. The van der Waals surface area contributed by atoms with Crippen molar-refractivity contribution in [1.82, 2.24) is 0 Å². The molecule has 0 saturated carbocycles. The van der Waals surface area contributed by atoms with E-state index in [2.05, 4.69) is 26.0 Å². The molecule has 0 aliphatic heterocycles. The zero-order valence-corrected chi connectivity index (χ0v) is 12.8. The summed E-state index contributed by atoms with van der Waals surface area (Å²) < 4.78 is 5.78. The van der Waals surface area contributed by atoms with E-state index < -0.39 is 11.4 Å². The van der Waals surface area contributed by atoms with E-state index in [4.69, 9.17) is 16.2 Å². The number of benzene rings is 1. The van der Waals surface area contributed by atoms with Gasteiger partial charge in [0.25, 0.3) is 0 Å². The Morgan fingerprint density at radius 3 is 2.30 bits per heavy atom. The quantitative estimate of drug-likeness (QED) is 0.804. The lowest BCUT2D eigenvalue weighted by Gasteiger charge is -2.25. The Bertz CT molecular complexity index is 440. The number of nitrogens with two attached hydrogens (primary N) is 2. The average molecular weight is 278 g/mol. The van der Waals surface area contributed by atoms with Crippen molar-refractivity contribution in [2.75, 3.05) is 0 Å². The highest BCUT2D eigenvalue weighted by atomic mass is 16.5. The third kappa shape index (κ3) is 4.53. The Kier molecular flexibility index (Phi) is 5.57. The predicted octanol–water partition coefficient (Wildman–Crippen LogP) is 2.56. The Morgan fingerprint density at radius 2 is 1.85 bits per heavy atom. The topological polar surface area (TPSA) is 78.3 Å². The van der Waals surface area contributed by atoms with Crippen LogP contribution in [0.15, 0.2) is 24.3 Å². The molecule has 0 aliphatic rings. The van der Waals surface area contributed by atoms with Crippen molar-refractivity contribution in [1.29, 1.82) is 0 Å². The molecule has 4 nitrogen and oxygen atoms in total. The number of primary amides is 1. The van der Waals surface area contributed by atoms with Gasteiger partial charge in [0.2, 0.25) is 5.91 Å². The molecule has 4 heteroatoms. The number of ether oxygens (including phenoxy) is 1. The molecule has 0 heterocycles. The van der Waals surface area contributed by atoms with Gasteiger partial charge >= 0.3 is 0 Å². The first-order chi connectivity index (χ1) is 9.26. The molecular formula is C16H26N2O2. The number of carbonyl (C=O) groups excluding carboxylic acids is 1. The fraction of sp³-hybridized carbons (Fsp3) is 0.562. The molecular weight excluding hydrogens is 252 g/mol. The molecule has 0 spiro atoms. The molecule has 0 aromatic heterocycles. The van der Waals surface area contributed by atoms with Gasteiger partial charge in [-0.05, 0) is 43.9 Å². The maximum atomic E-state index is 11.2. The second-order valence-corrected chi connectivity index (χ2v) is 5.79. The second-order valence-electron chi connectivity index (χ2n) is 5.79. The van der Waals surface area contributed by atoms with Gasteiger partial charge in [0, 0.05) is 6.42 Å². The van der Waals surface area contributed by atoms with Crippen molar-refractivity contribution >= 4 is 5.91 Å². The lowest BCUT2D eigenvalue weighted by molar-refractivity contribution is -0.123. The number of amides is 1. The van der Waals surface area contributed by atoms with Crippen LogP contribution in [0.25, 0.3) is 0 Å². The van der Waals surface area contributed by atoms with Crippen LogP contribution in [0.3, 0.4) is 0 Å². The molecule has 0 fully saturated rings. The van der Waals surface area contributed by atoms with Gasteiger partial charge in [-0.1, -0.05) is 26.0 Å². The summed E-state index contributed by atoms with van der Waals surface area (Å²) >= 11 is 0. The van der Waals surface area contributed by atoms with Crippen LogP contribution in [0.2, 0.25) is 0 Å². The van der Waals surface area contributed by atoms with Crippen LogP contribution in [0.1, 0.15) is 52.0 Å². The van der Waals surface area contributed by atoms with Gasteiger partial charge in [0.1, 0.15) is 5.75 Å². The average Bonchev–Trinajstić information content (AvgIpc) is 2.37. The summed E-state index contributed by atoms with van der Waals surface area (Å²) in [5, 5.41) is 0. The van der Waals surface area contributed by atoms with Crippen molar-refractivity contribution < 1.29 is 9.53 Å². The smallest absolute Gasteiger partial charge is 0.237 e. The van der Waals surface area contributed by atoms with E-state index in [1.165, 1.54) is 5.56 Å². The van der Waals surface area contributed by atoms with E-state index in [9.17, 15) is 4.79 Å². The predicted molar refractivity (Wildman–Crippen MR) is 81.6 cm³/mol. The molecule has 1 aromatic carbocycles. The van der Waals surface area contributed by atoms with Crippen molar-refractivity contribution in [3.8, 4) is 5.75 Å². The molecule has 112 valence electrons. The summed E-state index contributed by atoms with van der Waals surface area (Å²) in [6, 6.07) is 8.06. The number of carbonyl (C=O) groups is 1. The minimum Gasteiger partial charge on any atom is -0.491 e. The number of hydrogen-bond donors (Lipinski definition) is 2. The highest BCUT2D eigenvalue weighted by Gasteiger charge is 2.28. The Balaban J connectivity index is 2.63. The molecule has 3 atom stereocenters. The van der Waals surface area contributed by atoms with Gasteiger partial charge in [0.15, 0.2) is 0 Å². The van der Waals surface area contributed by atoms with Crippen LogP contribution in [-0.2, 0) is 4.79 Å². The SMILES string of the molecule is CCC(C)c1ccc(OC(C)CC(C)(N)C(N)=O)cc1. The van der Waals surface area contributed by atoms with Crippen LogP contribution >= 0.6 is 0 Å². The van der Waals surface area contributed by atoms with Crippen LogP contribution < -0.4 is 16.2 Å². The van der Waals surface area contributed by atoms with Crippen molar-refractivity contribution in [2.24, 2.45) is 11.5 Å². The lowest BCUT2D eigenvalue weighted by Crippen LogP contribution is -2.51. The number of hydrogen-bond acceptors (Lipinski definition) is 3. The monoisotopic (exact) mass is 278 g/mol. The van der Waals surface area contributed by atoms with E-state index >= 15 is 0 Å². The Morgan fingerprint density at radius 1 is 1.30 bits per heavy atom. The van der Waals surface area contributed by atoms with Crippen LogP contribution in [-0.4, -0.2) is 17.6 Å². The van der Waals surface area contributed by atoms with E-state index in [1.807, 2.05) is 19.1 Å². The molecule has 20 heavy (non-hydrogen) atoms. The summed E-state index contributed by atoms with van der Waals surface area (Å²) in [4.78, 5) is 11.2. The minimum atomic E-state index is -1.05. The largest absolute Gasteiger partial charge is 0.491 e. The van der Waals surface area contributed by atoms with Gasteiger partial charge in [0.05, 0.1) is 11.6 Å². The van der Waals surface area contributed by atoms with Gasteiger partial charge < -0.3 is 16.2 Å². The van der Waals surface area contributed by atoms with Crippen molar-refractivity contribution in [2.45, 2.75) is 58.1 Å². The maximum absolute atomic E-state index is 11.2. The fourth-order valence-electron chi connectivity index (χ4n) is 2.08. The summed E-state index contributed by atoms with van der Waals surface area (Å²) in [5.74, 6) is 0.813. The summed E-state index contributed by atoms with van der Waals surface area (Å²) in [6.45, 7) is 7.88. The zero-order valence-electron chi connectivity index (χ0n) is 12.8. The zero-order chi connectivity index (χ0) is 15.3. The third-order valence-corrected chi connectivity index (χ3v) is 3.67. The Hall–Kier alpha value is -1.55. The summed E-state index contributed by atoms with van der Waals surface area (Å²) in [6.07, 6.45) is 1.32. The van der Waals surface area contributed by atoms with Crippen LogP contribution in [0, 0.1) is 0 Å². The first-order valence-electron chi connectivity index (χ1n) is 7.11.